The predicted octanol–water partition coefficient (Wildman–Crippen LogP) is 3.61. The molecule has 0 aliphatic rings. The number of hydrogen-bond acceptors (Lipinski definition) is 3. The van der Waals surface area contributed by atoms with Crippen molar-refractivity contribution in [2.45, 2.75) is 48.0 Å². The van der Waals surface area contributed by atoms with Crippen LogP contribution in [-0.2, 0) is 4.74 Å². The van der Waals surface area contributed by atoms with E-state index in [4.69, 9.17) is 16.9 Å². The van der Waals surface area contributed by atoms with Crippen LogP contribution < -0.4 is 5.73 Å². The second-order valence-electron chi connectivity index (χ2n) is 4.92. The van der Waals surface area contributed by atoms with E-state index in [0.717, 1.165) is 17.8 Å². The highest BCUT2D eigenvalue weighted by Crippen LogP contribution is 2.15. The number of methoxy groups -OCH3 is 1. The molecule has 0 amide bonds. The Hall–Kier alpha value is -1.27. The average molecular weight is 266 g/mol. The van der Waals surface area contributed by atoms with E-state index < -0.39 is 0 Å². The number of nitrogens with two attached hydrogens (primary N) is 1. The molecule has 0 bridgehead atoms. The zero-order chi connectivity index (χ0) is 15.4. The first kappa shape index (κ1) is 20.1. The summed E-state index contributed by atoms with van der Waals surface area (Å²) in [5.74, 6) is 3.21. The summed E-state index contributed by atoms with van der Waals surface area (Å²) in [6.45, 7) is 12.8. The molecule has 0 aromatic carbocycles. The van der Waals surface area contributed by atoms with Gasteiger partial charge in [0.05, 0.1) is 11.4 Å². The average Bonchev–Trinajstić information content (AvgIpc) is 2.37. The van der Waals surface area contributed by atoms with E-state index in [1.807, 2.05) is 6.92 Å². The summed E-state index contributed by atoms with van der Waals surface area (Å²) in [6, 6.07) is 0. The third-order valence-corrected chi connectivity index (χ3v) is 2.68. The molecule has 110 valence electrons. The lowest BCUT2D eigenvalue weighted by molar-refractivity contribution is 0.208. The molecule has 0 spiro atoms. The van der Waals surface area contributed by atoms with Crippen molar-refractivity contribution in [3.8, 4) is 12.3 Å². The molecular formula is C16H30N2O. The number of hydrogen-bond donors (Lipinski definition) is 1. The standard InChI is InChI=1S/C12H24N2O.C4H6/c1-8(2)10(5)11(13)12(9(3)4)14-7-15-6;1-3-4-2/h8-9H,7,13H2,1-6H3;1H,4H2,2H3/b11-10-,14-12-;. The number of ether oxygens (including phenoxy) is 1. The molecule has 3 nitrogen and oxygen atoms in total. The fourth-order valence-electron chi connectivity index (χ4n) is 1.23. The Morgan fingerprint density at radius 1 is 1.26 bits per heavy atom. The molecule has 19 heavy (non-hydrogen) atoms. The molecule has 0 rings (SSSR count). The molecule has 0 aliphatic heterocycles. The largest absolute Gasteiger partial charge is 0.397 e. The summed E-state index contributed by atoms with van der Waals surface area (Å²) in [5, 5.41) is 0. The van der Waals surface area contributed by atoms with Crippen LogP contribution in [0.3, 0.4) is 0 Å². The fraction of sp³-hybridized carbons (Fsp3) is 0.688. The topological polar surface area (TPSA) is 47.6 Å². The number of rotatable bonds is 5. The van der Waals surface area contributed by atoms with Gasteiger partial charge in [-0.25, -0.2) is 0 Å². The van der Waals surface area contributed by atoms with E-state index in [1.54, 1.807) is 7.11 Å². The van der Waals surface area contributed by atoms with E-state index in [9.17, 15) is 0 Å². The molecule has 0 atom stereocenters. The molecule has 0 saturated carbocycles. The third-order valence-electron chi connectivity index (χ3n) is 2.68. The van der Waals surface area contributed by atoms with Crippen LogP contribution in [0.4, 0.5) is 0 Å². The maximum absolute atomic E-state index is 6.10. The maximum Gasteiger partial charge on any atom is 0.137 e. The smallest absolute Gasteiger partial charge is 0.137 e. The van der Waals surface area contributed by atoms with E-state index >= 15 is 0 Å². The molecule has 0 saturated heterocycles. The minimum atomic E-state index is 0.328. The first-order chi connectivity index (χ1) is 8.83. The predicted molar refractivity (Wildman–Crippen MR) is 85.0 cm³/mol. The quantitative estimate of drug-likeness (QED) is 0.610. The zero-order valence-corrected chi connectivity index (χ0v) is 13.6. The summed E-state index contributed by atoms with van der Waals surface area (Å²) in [7, 11) is 1.64. The lowest BCUT2D eigenvalue weighted by atomic mass is 9.96. The monoisotopic (exact) mass is 266 g/mol. The molecule has 0 aromatic heterocycles. The van der Waals surface area contributed by atoms with Crippen molar-refractivity contribution >= 4 is 5.71 Å². The van der Waals surface area contributed by atoms with Crippen molar-refractivity contribution < 1.29 is 4.74 Å². The highest BCUT2D eigenvalue weighted by molar-refractivity contribution is 6.01. The Kier molecular flexibility index (Phi) is 12.5. The summed E-state index contributed by atoms with van der Waals surface area (Å²) in [4.78, 5) is 4.36. The van der Waals surface area contributed by atoms with Crippen LogP contribution in [0.25, 0.3) is 0 Å². The second-order valence-corrected chi connectivity index (χ2v) is 4.92. The summed E-state index contributed by atoms with van der Waals surface area (Å²) >= 11 is 0. The van der Waals surface area contributed by atoms with Crippen molar-refractivity contribution in [2.75, 3.05) is 13.8 Å². The van der Waals surface area contributed by atoms with Crippen LogP contribution in [0.5, 0.6) is 0 Å². The Balaban J connectivity index is 0. The third kappa shape index (κ3) is 9.32. The highest BCUT2D eigenvalue weighted by Gasteiger charge is 2.12. The van der Waals surface area contributed by atoms with Crippen LogP contribution in [0, 0.1) is 24.2 Å². The lowest BCUT2D eigenvalue weighted by Gasteiger charge is -2.16. The Morgan fingerprint density at radius 3 is 2.00 bits per heavy atom. The molecule has 2 N–H and O–H groups in total. The van der Waals surface area contributed by atoms with Gasteiger partial charge in [0.2, 0.25) is 0 Å². The summed E-state index contributed by atoms with van der Waals surface area (Å²) in [6.07, 6.45) is 5.62. The van der Waals surface area contributed by atoms with Crippen LogP contribution in [0.2, 0.25) is 0 Å². The van der Waals surface area contributed by atoms with Gasteiger partial charge >= 0.3 is 0 Å². The van der Waals surface area contributed by atoms with Crippen molar-refractivity contribution in [1.29, 1.82) is 0 Å². The minimum Gasteiger partial charge on any atom is -0.397 e. The normalized spacial score (nSPS) is 12.7. The van der Waals surface area contributed by atoms with Gasteiger partial charge < -0.3 is 10.5 Å². The molecule has 0 aromatic rings. The Morgan fingerprint density at radius 2 is 1.74 bits per heavy atom. The molecular weight excluding hydrogens is 236 g/mol. The van der Waals surface area contributed by atoms with Gasteiger partial charge in [0.1, 0.15) is 6.73 Å². The van der Waals surface area contributed by atoms with Gasteiger partial charge in [-0.15, -0.1) is 12.3 Å². The second kappa shape index (κ2) is 11.8. The minimum absolute atomic E-state index is 0.328. The van der Waals surface area contributed by atoms with Crippen molar-refractivity contribution in [3.63, 3.8) is 0 Å². The van der Waals surface area contributed by atoms with Gasteiger partial charge in [-0.05, 0) is 24.3 Å². The van der Waals surface area contributed by atoms with Crippen LogP contribution >= 0.6 is 0 Å². The molecule has 3 heteroatoms. The van der Waals surface area contributed by atoms with Crippen molar-refractivity contribution in [3.05, 3.63) is 11.3 Å². The van der Waals surface area contributed by atoms with Gasteiger partial charge in [0.25, 0.3) is 0 Å². The fourth-order valence-corrected chi connectivity index (χ4v) is 1.23. The van der Waals surface area contributed by atoms with Crippen LogP contribution in [-0.4, -0.2) is 19.6 Å². The first-order valence-corrected chi connectivity index (χ1v) is 6.76. The van der Waals surface area contributed by atoms with Crippen molar-refractivity contribution in [1.82, 2.24) is 0 Å². The van der Waals surface area contributed by atoms with Gasteiger partial charge in [-0.1, -0.05) is 34.6 Å². The Labute approximate surface area is 119 Å². The van der Waals surface area contributed by atoms with Crippen LogP contribution in [0.1, 0.15) is 48.0 Å². The Bertz CT molecular complexity index is 333. The molecule has 0 aliphatic carbocycles. The summed E-state index contributed by atoms with van der Waals surface area (Å²) < 4.78 is 4.95. The highest BCUT2D eigenvalue weighted by atomic mass is 16.5. The zero-order valence-electron chi connectivity index (χ0n) is 13.6. The van der Waals surface area contributed by atoms with E-state index in [1.165, 1.54) is 5.57 Å². The first-order valence-electron chi connectivity index (χ1n) is 6.76. The number of aliphatic imine (C=N–C) groups is 1. The van der Waals surface area contributed by atoms with Crippen LogP contribution in [0.15, 0.2) is 16.3 Å². The SMILES string of the molecule is C#CCC.COC/N=C(\C(N)=C(/C)C(C)C)C(C)C. The van der Waals surface area contributed by atoms with Gasteiger partial charge in [0, 0.05) is 13.5 Å². The molecule has 0 radical (unpaired) electrons. The summed E-state index contributed by atoms with van der Waals surface area (Å²) in [5.41, 5.74) is 9.05. The molecule has 0 heterocycles. The molecule has 0 unspecified atom stereocenters. The van der Waals surface area contributed by atoms with Gasteiger partial charge in [0.15, 0.2) is 0 Å². The van der Waals surface area contributed by atoms with Crippen molar-refractivity contribution in [2.24, 2.45) is 22.6 Å². The van der Waals surface area contributed by atoms with E-state index in [2.05, 4.69) is 45.5 Å². The molecule has 0 fully saturated rings. The van der Waals surface area contributed by atoms with Gasteiger partial charge in [-0.2, -0.15) is 0 Å². The van der Waals surface area contributed by atoms with E-state index in [0.29, 0.717) is 18.6 Å². The number of terminal acetylenes is 1. The van der Waals surface area contributed by atoms with Gasteiger partial charge in [-0.3, -0.25) is 4.99 Å². The lowest BCUT2D eigenvalue weighted by Crippen LogP contribution is -2.21. The van der Waals surface area contributed by atoms with E-state index in [-0.39, 0.29) is 0 Å². The maximum atomic E-state index is 6.10. The number of nitrogens with zero attached hydrogens (tertiary/aromatic N) is 1. The number of allylic oxidation sites excluding steroid dienone is 2.